The molecule has 0 spiro atoms. The van der Waals surface area contributed by atoms with Crippen molar-refractivity contribution >= 4 is 5.70 Å². The van der Waals surface area contributed by atoms with Crippen molar-refractivity contribution in [2.45, 2.75) is 39.6 Å². The number of nitriles is 1. The van der Waals surface area contributed by atoms with E-state index in [0.717, 1.165) is 11.1 Å². The van der Waals surface area contributed by atoms with Crippen LogP contribution in [0.15, 0.2) is 95.9 Å². The van der Waals surface area contributed by atoms with Gasteiger partial charge in [0.25, 0.3) is 5.56 Å². The zero-order valence-electron chi connectivity index (χ0n) is 21.6. The SMILES string of the molecule is Cc1c(OCc2ccccc2)c(OCc2ccccc2)cn(C2=CC(C)(C)Oc3ccc(C#N)cc32)c1=O. The third-order valence-electron chi connectivity index (χ3n) is 6.31. The highest BCUT2D eigenvalue weighted by Gasteiger charge is 2.29. The van der Waals surface area contributed by atoms with Crippen LogP contribution in [0.4, 0.5) is 0 Å². The molecule has 6 nitrogen and oxygen atoms in total. The average molecular weight is 505 g/mol. The van der Waals surface area contributed by atoms with E-state index in [0.29, 0.717) is 52.8 Å². The molecular weight excluding hydrogens is 476 g/mol. The summed E-state index contributed by atoms with van der Waals surface area (Å²) in [6.07, 6.45) is 3.57. The lowest BCUT2D eigenvalue weighted by Crippen LogP contribution is -2.33. The molecule has 0 atom stereocenters. The van der Waals surface area contributed by atoms with Crippen molar-refractivity contribution in [3.05, 3.63) is 129 Å². The number of aromatic nitrogens is 1. The third-order valence-corrected chi connectivity index (χ3v) is 6.31. The average Bonchev–Trinajstić information content (AvgIpc) is 2.93. The number of pyridine rings is 1. The highest BCUT2D eigenvalue weighted by atomic mass is 16.5. The summed E-state index contributed by atoms with van der Waals surface area (Å²) in [6, 6.07) is 27.0. The second kappa shape index (κ2) is 10.3. The molecule has 6 heteroatoms. The molecule has 38 heavy (non-hydrogen) atoms. The van der Waals surface area contributed by atoms with Crippen LogP contribution in [0.3, 0.4) is 0 Å². The van der Waals surface area contributed by atoms with Gasteiger partial charge in [0.05, 0.1) is 29.1 Å². The second-order valence-corrected chi connectivity index (χ2v) is 9.73. The second-order valence-electron chi connectivity index (χ2n) is 9.73. The van der Waals surface area contributed by atoms with Gasteiger partial charge in [-0.15, -0.1) is 0 Å². The quantitative estimate of drug-likeness (QED) is 0.298. The minimum Gasteiger partial charge on any atom is -0.484 e. The maximum atomic E-state index is 13.8. The van der Waals surface area contributed by atoms with E-state index in [1.807, 2.05) is 80.6 Å². The number of hydrogen-bond acceptors (Lipinski definition) is 5. The molecule has 3 aromatic carbocycles. The molecule has 0 bridgehead atoms. The van der Waals surface area contributed by atoms with Gasteiger partial charge in [0.2, 0.25) is 0 Å². The normalized spacial score (nSPS) is 13.5. The van der Waals surface area contributed by atoms with Crippen molar-refractivity contribution in [3.8, 4) is 23.3 Å². The molecule has 2 heterocycles. The standard InChI is InChI=1S/C32H28N2O4/c1-22-30(37-21-24-12-8-5-9-13-24)29(36-20-23-10-6-4-7-11-23)19-34(31(22)35)27-17-32(2,3)38-28-15-14-25(18-33)16-26(27)28/h4-17,19H,20-21H2,1-3H3. The van der Waals surface area contributed by atoms with Crippen LogP contribution in [-0.4, -0.2) is 10.2 Å². The molecule has 0 saturated heterocycles. The number of benzene rings is 3. The molecule has 5 rings (SSSR count). The van der Waals surface area contributed by atoms with Gasteiger partial charge in [-0.1, -0.05) is 60.7 Å². The molecule has 190 valence electrons. The van der Waals surface area contributed by atoms with Gasteiger partial charge in [0, 0.05) is 5.56 Å². The molecule has 1 aromatic heterocycles. The molecule has 0 aliphatic carbocycles. The van der Waals surface area contributed by atoms with E-state index in [1.54, 1.807) is 35.9 Å². The van der Waals surface area contributed by atoms with Gasteiger partial charge in [-0.3, -0.25) is 9.36 Å². The van der Waals surface area contributed by atoms with Crippen LogP contribution < -0.4 is 19.8 Å². The van der Waals surface area contributed by atoms with Crippen LogP contribution in [0, 0.1) is 18.3 Å². The van der Waals surface area contributed by atoms with Crippen molar-refractivity contribution < 1.29 is 14.2 Å². The molecule has 0 fully saturated rings. The fraction of sp³-hybridized carbons (Fsp3) is 0.188. The molecule has 1 aliphatic heterocycles. The Bertz CT molecular complexity index is 1600. The van der Waals surface area contributed by atoms with Crippen LogP contribution in [0.5, 0.6) is 17.2 Å². The summed E-state index contributed by atoms with van der Waals surface area (Å²) in [4.78, 5) is 13.8. The molecular formula is C32H28N2O4. The van der Waals surface area contributed by atoms with E-state index in [-0.39, 0.29) is 5.56 Å². The third kappa shape index (κ3) is 5.18. The first kappa shape index (κ1) is 24.9. The van der Waals surface area contributed by atoms with Gasteiger partial charge in [-0.05, 0) is 56.2 Å². The van der Waals surface area contributed by atoms with E-state index < -0.39 is 5.60 Å². The summed E-state index contributed by atoms with van der Waals surface area (Å²) in [6.45, 7) is 6.20. The lowest BCUT2D eigenvalue weighted by molar-refractivity contribution is 0.157. The van der Waals surface area contributed by atoms with Crippen molar-refractivity contribution in [2.24, 2.45) is 0 Å². The van der Waals surface area contributed by atoms with Crippen LogP contribution >= 0.6 is 0 Å². The van der Waals surface area contributed by atoms with E-state index in [4.69, 9.17) is 14.2 Å². The lowest BCUT2D eigenvalue weighted by Gasteiger charge is -2.32. The number of ether oxygens (including phenoxy) is 3. The van der Waals surface area contributed by atoms with Crippen molar-refractivity contribution in [3.63, 3.8) is 0 Å². The first-order valence-electron chi connectivity index (χ1n) is 12.4. The number of rotatable bonds is 7. The van der Waals surface area contributed by atoms with Gasteiger partial charge in [0.1, 0.15) is 24.6 Å². The first-order chi connectivity index (χ1) is 18.3. The molecule has 0 saturated carbocycles. The summed E-state index contributed by atoms with van der Waals surface area (Å²) in [5.41, 5.74) is 3.26. The zero-order valence-corrected chi connectivity index (χ0v) is 21.6. The number of hydrogen-bond donors (Lipinski definition) is 0. The first-order valence-corrected chi connectivity index (χ1v) is 12.4. The summed E-state index contributed by atoms with van der Waals surface area (Å²) in [7, 11) is 0. The van der Waals surface area contributed by atoms with Crippen molar-refractivity contribution in [2.75, 3.05) is 0 Å². The summed E-state index contributed by atoms with van der Waals surface area (Å²) >= 11 is 0. The summed E-state index contributed by atoms with van der Waals surface area (Å²) < 4.78 is 20.2. The molecule has 4 aromatic rings. The van der Waals surface area contributed by atoms with Gasteiger partial charge in [0.15, 0.2) is 11.5 Å². The Morgan fingerprint density at radius 1 is 0.921 bits per heavy atom. The number of fused-ring (bicyclic) bond motifs is 1. The van der Waals surface area contributed by atoms with Gasteiger partial charge in [-0.25, -0.2) is 0 Å². The Labute approximate surface area is 222 Å². The molecule has 0 radical (unpaired) electrons. The van der Waals surface area contributed by atoms with E-state index in [9.17, 15) is 10.1 Å². The zero-order chi connectivity index (χ0) is 26.7. The van der Waals surface area contributed by atoms with Crippen LogP contribution in [0.2, 0.25) is 0 Å². The monoisotopic (exact) mass is 504 g/mol. The Morgan fingerprint density at radius 2 is 1.55 bits per heavy atom. The van der Waals surface area contributed by atoms with Crippen LogP contribution in [-0.2, 0) is 13.2 Å². The van der Waals surface area contributed by atoms with Crippen LogP contribution in [0.25, 0.3) is 5.70 Å². The predicted molar refractivity (Wildman–Crippen MR) is 146 cm³/mol. The van der Waals surface area contributed by atoms with E-state index in [2.05, 4.69) is 6.07 Å². The molecule has 1 aliphatic rings. The Morgan fingerprint density at radius 3 is 2.18 bits per heavy atom. The van der Waals surface area contributed by atoms with Crippen molar-refractivity contribution in [1.82, 2.24) is 4.57 Å². The Hall–Kier alpha value is -4.76. The summed E-state index contributed by atoms with van der Waals surface area (Å²) in [5.74, 6) is 1.46. The molecule has 0 amide bonds. The highest BCUT2D eigenvalue weighted by molar-refractivity contribution is 5.75. The van der Waals surface area contributed by atoms with Gasteiger partial charge < -0.3 is 14.2 Å². The largest absolute Gasteiger partial charge is 0.484 e. The Kier molecular flexibility index (Phi) is 6.76. The van der Waals surface area contributed by atoms with Gasteiger partial charge in [-0.2, -0.15) is 5.26 Å². The minimum absolute atomic E-state index is 0.239. The molecule has 0 N–H and O–H groups in total. The topological polar surface area (TPSA) is 73.5 Å². The van der Waals surface area contributed by atoms with Crippen molar-refractivity contribution in [1.29, 1.82) is 5.26 Å². The van der Waals surface area contributed by atoms with Crippen LogP contribution in [0.1, 0.15) is 41.7 Å². The van der Waals surface area contributed by atoms with E-state index >= 15 is 0 Å². The number of nitrogens with zero attached hydrogens (tertiary/aromatic N) is 2. The smallest absolute Gasteiger partial charge is 0.262 e. The maximum Gasteiger partial charge on any atom is 0.262 e. The maximum absolute atomic E-state index is 13.8. The molecule has 0 unspecified atom stereocenters. The minimum atomic E-state index is -0.669. The fourth-order valence-electron chi connectivity index (χ4n) is 4.43. The lowest BCUT2D eigenvalue weighted by atomic mass is 9.97. The summed E-state index contributed by atoms with van der Waals surface area (Å²) in [5, 5.41) is 9.49. The van der Waals surface area contributed by atoms with Gasteiger partial charge >= 0.3 is 0 Å². The highest BCUT2D eigenvalue weighted by Crippen LogP contribution is 2.39. The van der Waals surface area contributed by atoms with E-state index in [1.165, 1.54) is 0 Å². The fourth-order valence-corrected chi connectivity index (χ4v) is 4.43. The predicted octanol–water partition coefficient (Wildman–Crippen LogP) is 6.25. The Balaban J connectivity index is 1.62.